The van der Waals surface area contributed by atoms with Crippen molar-refractivity contribution in [3.8, 4) is 0 Å². The molecule has 0 saturated heterocycles. The number of carbonyl (C=O) groups is 1. The molecule has 0 fully saturated rings. The molecule has 0 unspecified atom stereocenters. The molecule has 0 aliphatic rings. The van der Waals surface area contributed by atoms with Crippen LogP contribution in [0.3, 0.4) is 0 Å². The molecular weight excluding hydrogens is 269 g/mol. The third kappa shape index (κ3) is 4.31. The summed E-state index contributed by atoms with van der Waals surface area (Å²) in [7, 11) is 0. The molecule has 0 aromatic heterocycles. The molecule has 0 saturated carbocycles. The number of nitrogens with one attached hydrogen (secondary N) is 1. The average molecular weight is 287 g/mol. The molecule has 3 nitrogen and oxygen atoms in total. The summed E-state index contributed by atoms with van der Waals surface area (Å²) in [6.45, 7) is 2.71. The van der Waals surface area contributed by atoms with Gasteiger partial charge in [0, 0.05) is 17.8 Å². The van der Waals surface area contributed by atoms with Gasteiger partial charge in [0.1, 0.15) is 5.82 Å². The van der Waals surface area contributed by atoms with Crippen LogP contribution in [0.2, 0.25) is 0 Å². The summed E-state index contributed by atoms with van der Waals surface area (Å²) in [5, 5.41) is 3.11. The van der Waals surface area contributed by atoms with Gasteiger partial charge in [-0.2, -0.15) is 0 Å². The maximum absolute atomic E-state index is 13.5. The lowest BCUT2D eigenvalue weighted by molar-refractivity contribution is 0.0505. The minimum Gasteiger partial charge on any atom is -0.462 e. The number of anilines is 1. The lowest BCUT2D eigenvalue weighted by atomic mass is 10.2. The highest BCUT2D eigenvalue weighted by atomic mass is 19.1. The lowest BCUT2D eigenvalue weighted by Gasteiger charge is -2.09. The number of hydrogen-bond acceptors (Lipinski definition) is 3. The normalized spacial score (nSPS) is 10.2. The summed E-state index contributed by atoms with van der Waals surface area (Å²) in [5.41, 5.74) is 1.82. The van der Waals surface area contributed by atoms with Crippen LogP contribution in [0.1, 0.15) is 29.3 Å². The predicted octanol–water partition coefficient (Wildman–Crippen LogP) is 4.00. The fourth-order valence-corrected chi connectivity index (χ4v) is 1.87. The van der Waals surface area contributed by atoms with Crippen molar-refractivity contribution < 1.29 is 13.9 Å². The second-order valence-corrected chi connectivity index (χ2v) is 4.66. The summed E-state index contributed by atoms with van der Waals surface area (Å²) in [4.78, 5) is 11.8. The molecule has 0 spiro atoms. The van der Waals surface area contributed by atoms with Gasteiger partial charge in [-0.3, -0.25) is 0 Å². The third-order valence-electron chi connectivity index (χ3n) is 2.98. The van der Waals surface area contributed by atoms with Gasteiger partial charge in [0.25, 0.3) is 0 Å². The van der Waals surface area contributed by atoms with Gasteiger partial charge in [-0.1, -0.05) is 31.2 Å². The van der Waals surface area contributed by atoms with Gasteiger partial charge in [-0.15, -0.1) is 0 Å². The number of hydrogen-bond donors (Lipinski definition) is 1. The molecule has 0 amide bonds. The van der Waals surface area contributed by atoms with Gasteiger partial charge in [0.15, 0.2) is 0 Å². The summed E-state index contributed by atoms with van der Waals surface area (Å²) in [6, 6.07) is 13.6. The van der Waals surface area contributed by atoms with Gasteiger partial charge in [0.05, 0.1) is 12.2 Å². The van der Waals surface area contributed by atoms with Crippen molar-refractivity contribution in [2.75, 3.05) is 11.9 Å². The molecule has 2 rings (SSSR count). The second-order valence-electron chi connectivity index (χ2n) is 4.66. The van der Waals surface area contributed by atoms with Crippen LogP contribution in [-0.2, 0) is 11.3 Å². The Bertz CT molecular complexity index is 613. The number of carbonyl (C=O) groups excluding carboxylic acids is 1. The van der Waals surface area contributed by atoms with Crippen LogP contribution in [0.15, 0.2) is 48.5 Å². The Kier molecular flexibility index (Phi) is 5.32. The molecule has 0 aliphatic carbocycles. The average Bonchev–Trinajstić information content (AvgIpc) is 2.52. The Labute approximate surface area is 123 Å². The number of benzene rings is 2. The molecule has 1 N–H and O–H groups in total. The monoisotopic (exact) mass is 287 g/mol. The van der Waals surface area contributed by atoms with E-state index >= 15 is 0 Å². The zero-order valence-electron chi connectivity index (χ0n) is 11.9. The van der Waals surface area contributed by atoms with Crippen molar-refractivity contribution >= 4 is 11.7 Å². The first kappa shape index (κ1) is 15.0. The topological polar surface area (TPSA) is 38.3 Å². The standard InChI is InChI=1S/C17H18FNO2/c1-2-10-21-17(20)13-7-5-8-15(11-13)19-12-14-6-3-4-9-16(14)18/h3-9,11,19H,2,10,12H2,1H3. The third-order valence-corrected chi connectivity index (χ3v) is 2.98. The Morgan fingerprint density at radius 2 is 2.00 bits per heavy atom. The van der Waals surface area contributed by atoms with E-state index < -0.39 is 0 Å². The van der Waals surface area contributed by atoms with Gasteiger partial charge in [-0.25, -0.2) is 9.18 Å². The van der Waals surface area contributed by atoms with E-state index in [1.54, 1.807) is 36.4 Å². The molecule has 0 bridgehead atoms. The SMILES string of the molecule is CCCOC(=O)c1cccc(NCc2ccccc2F)c1. The first-order valence-electron chi connectivity index (χ1n) is 6.95. The summed E-state index contributed by atoms with van der Waals surface area (Å²) >= 11 is 0. The van der Waals surface area contributed by atoms with Crippen molar-refractivity contribution in [3.05, 3.63) is 65.5 Å². The molecular formula is C17H18FNO2. The molecule has 21 heavy (non-hydrogen) atoms. The van der Waals surface area contributed by atoms with Crippen LogP contribution in [0.25, 0.3) is 0 Å². The fourth-order valence-electron chi connectivity index (χ4n) is 1.87. The lowest BCUT2D eigenvalue weighted by Crippen LogP contribution is -2.07. The predicted molar refractivity (Wildman–Crippen MR) is 80.7 cm³/mol. The van der Waals surface area contributed by atoms with E-state index in [0.717, 1.165) is 12.1 Å². The van der Waals surface area contributed by atoms with Crippen molar-refractivity contribution in [2.45, 2.75) is 19.9 Å². The molecule has 2 aromatic rings. The number of rotatable bonds is 6. The Balaban J connectivity index is 2.01. The van der Waals surface area contributed by atoms with E-state index in [2.05, 4.69) is 5.32 Å². The molecule has 4 heteroatoms. The highest BCUT2D eigenvalue weighted by Crippen LogP contribution is 2.14. The molecule has 0 radical (unpaired) electrons. The van der Waals surface area contributed by atoms with Crippen molar-refractivity contribution in [1.82, 2.24) is 0 Å². The second kappa shape index (κ2) is 7.43. The van der Waals surface area contributed by atoms with Gasteiger partial charge in [-0.05, 0) is 30.7 Å². The van der Waals surface area contributed by atoms with Crippen molar-refractivity contribution in [3.63, 3.8) is 0 Å². The van der Waals surface area contributed by atoms with E-state index in [9.17, 15) is 9.18 Å². The molecule has 2 aromatic carbocycles. The molecule has 0 atom stereocenters. The van der Waals surface area contributed by atoms with E-state index in [-0.39, 0.29) is 11.8 Å². The van der Waals surface area contributed by atoms with Gasteiger partial charge in [0.2, 0.25) is 0 Å². The van der Waals surface area contributed by atoms with E-state index in [1.165, 1.54) is 6.07 Å². The number of ether oxygens (including phenoxy) is 1. The quantitative estimate of drug-likeness (QED) is 0.816. The van der Waals surface area contributed by atoms with Crippen LogP contribution >= 0.6 is 0 Å². The van der Waals surface area contributed by atoms with Crippen LogP contribution in [-0.4, -0.2) is 12.6 Å². The summed E-state index contributed by atoms with van der Waals surface area (Å²) in [6.07, 6.45) is 0.789. The van der Waals surface area contributed by atoms with Crippen LogP contribution < -0.4 is 5.32 Å². The van der Waals surface area contributed by atoms with Crippen LogP contribution in [0.4, 0.5) is 10.1 Å². The Hall–Kier alpha value is -2.36. The Morgan fingerprint density at radius 3 is 2.76 bits per heavy atom. The minimum absolute atomic E-state index is 0.247. The van der Waals surface area contributed by atoms with E-state index in [1.807, 2.05) is 13.0 Å². The molecule has 0 aliphatic heterocycles. The largest absolute Gasteiger partial charge is 0.462 e. The first-order valence-corrected chi connectivity index (χ1v) is 6.95. The van der Waals surface area contributed by atoms with Gasteiger partial charge < -0.3 is 10.1 Å². The number of esters is 1. The highest BCUT2D eigenvalue weighted by Gasteiger charge is 2.07. The Morgan fingerprint density at radius 1 is 1.19 bits per heavy atom. The fraction of sp³-hybridized carbons (Fsp3) is 0.235. The van der Waals surface area contributed by atoms with E-state index in [4.69, 9.17) is 4.74 Å². The zero-order chi connectivity index (χ0) is 15.1. The minimum atomic E-state index is -0.341. The highest BCUT2D eigenvalue weighted by molar-refractivity contribution is 5.90. The molecule has 0 heterocycles. The van der Waals surface area contributed by atoms with E-state index in [0.29, 0.717) is 24.3 Å². The maximum atomic E-state index is 13.5. The van der Waals surface area contributed by atoms with Crippen LogP contribution in [0.5, 0.6) is 0 Å². The summed E-state index contributed by atoms with van der Waals surface area (Å²) in [5.74, 6) is -0.588. The summed E-state index contributed by atoms with van der Waals surface area (Å²) < 4.78 is 18.6. The van der Waals surface area contributed by atoms with Crippen molar-refractivity contribution in [2.24, 2.45) is 0 Å². The van der Waals surface area contributed by atoms with Crippen LogP contribution in [0, 0.1) is 5.82 Å². The smallest absolute Gasteiger partial charge is 0.338 e. The number of halogens is 1. The maximum Gasteiger partial charge on any atom is 0.338 e. The first-order chi connectivity index (χ1) is 10.2. The van der Waals surface area contributed by atoms with Crippen molar-refractivity contribution in [1.29, 1.82) is 0 Å². The molecule has 110 valence electrons. The van der Waals surface area contributed by atoms with Gasteiger partial charge >= 0.3 is 5.97 Å². The zero-order valence-corrected chi connectivity index (χ0v) is 11.9.